The molecule has 142 valence electrons. The fraction of sp³-hybridized carbons (Fsp3) is 0.450. The van der Waals surface area contributed by atoms with E-state index < -0.39 is 0 Å². The molecule has 0 unspecified atom stereocenters. The molecule has 1 aromatic carbocycles. The number of ether oxygens (including phenoxy) is 1. The van der Waals surface area contributed by atoms with Crippen LogP contribution in [0.15, 0.2) is 29.6 Å². The van der Waals surface area contributed by atoms with E-state index in [1.165, 1.54) is 11.3 Å². The van der Waals surface area contributed by atoms with E-state index in [1.54, 1.807) is 5.38 Å². The number of thiazole rings is 1. The predicted octanol–water partition coefficient (Wildman–Crippen LogP) is 2.28. The van der Waals surface area contributed by atoms with Crippen molar-refractivity contribution in [1.29, 1.82) is 0 Å². The Morgan fingerprint density at radius 2 is 2.19 bits per heavy atom. The molecule has 3 atom stereocenters. The van der Waals surface area contributed by atoms with Crippen molar-refractivity contribution in [2.24, 2.45) is 11.8 Å². The first-order valence-electron chi connectivity index (χ1n) is 9.19. The number of rotatable bonds is 4. The second kappa shape index (κ2) is 7.40. The van der Waals surface area contributed by atoms with Crippen LogP contribution in [0.2, 0.25) is 0 Å². The highest BCUT2D eigenvalue weighted by Crippen LogP contribution is 2.34. The Morgan fingerprint density at radius 1 is 1.33 bits per heavy atom. The topological polar surface area (TPSA) is 71.5 Å². The van der Waals surface area contributed by atoms with Gasteiger partial charge in [0, 0.05) is 42.4 Å². The standard InChI is InChI=1S/C20H23N3O3S/c1-12-4-3-5-14(6-12)20(25)23-8-16-15(10-26-18(16)9-23)7-21-19(24)17-11-27-13(2)22-17/h3-6,11,15-16,18H,7-10H2,1-2H3,(H,21,24)/t15-,16+,18+/m0/s1. The molecule has 4 rings (SSSR count). The Morgan fingerprint density at radius 3 is 2.93 bits per heavy atom. The molecule has 2 fully saturated rings. The van der Waals surface area contributed by atoms with Crippen LogP contribution < -0.4 is 5.32 Å². The van der Waals surface area contributed by atoms with Crippen LogP contribution in [0.1, 0.15) is 31.4 Å². The number of nitrogens with one attached hydrogen (secondary N) is 1. The van der Waals surface area contributed by atoms with E-state index in [0.717, 1.165) is 16.1 Å². The van der Waals surface area contributed by atoms with Crippen LogP contribution in [0, 0.1) is 25.7 Å². The fourth-order valence-electron chi connectivity index (χ4n) is 3.92. The van der Waals surface area contributed by atoms with E-state index in [2.05, 4.69) is 10.3 Å². The highest BCUT2D eigenvalue weighted by molar-refractivity contribution is 7.09. The number of hydrogen-bond donors (Lipinski definition) is 1. The van der Waals surface area contributed by atoms with Gasteiger partial charge >= 0.3 is 0 Å². The number of aryl methyl sites for hydroxylation is 2. The SMILES string of the molecule is Cc1cccc(C(=O)N2C[C@@H]3[C@@H](CNC(=O)c4csc(C)n4)CO[C@@H]3C2)c1. The maximum Gasteiger partial charge on any atom is 0.270 e. The molecule has 7 heteroatoms. The molecule has 2 aromatic rings. The molecule has 3 heterocycles. The summed E-state index contributed by atoms with van der Waals surface area (Å²) in [6, 6.07) is 7.68. The summed E-state index contributed by atoms with van der Waals surface area (Å²) in [7, 11) is 0. The zero-order valence-electron chi connectivity index (χ0n) is 15.5. The van der Waals surface area contributed by atoms with Crippen molar-refractivity contribution in [3.63, 3.8) is 0 Å². The summed E-state index contributed by atoms with van der Waals surface area (Å²) in [6.07, 6.45) is 0.0576. The summed E-state index contributed by atoms with van der Waals surface area (Å²) >= 11 is 1.47. The van der Waals surface area contributed by atoms with Crippen molar-refractivity contribution in [2.75, 3.05) is 26.2 Å². The molecule has 2 aliphatic heterocycles. The van der Waals surface area contributed by atoms with Crippen LogP contribution in [0.4, 0.5) is 0 Å². The van der Waals surface area contributed by atoms with Crippen molar-refractivity contribution in [3.05, 3.63) is 51.5 Å². The van der Waals surface area contributed by atoms with Gasteiger partial charge in [0.05, 0.1) is 17.7 Å². The molecular weight excluding hydrogens is 362 g/mol. The number of hydrogen-bond acceptors (Lipinski definition) is 5. The largest absolute Gasteiger partial charge is 0.376 e. The molecule has 0 aliphatic carbocycles. The Hall–Kier alpha value is -2.25. The molecule has 0 spiro atoms. The van der Waals surface area contributed by atoms with E-state index in [9.17, 15) is 9.59 Å². The number of benzene rings is 1. The minimum Gasteiger partial charge on any atom is -0.376 e. The number of carbonyl (C=O) groups excluding carboxylic acids is 2. The van der Waals surface area contributed by atoms with Gasteiger partial charge in [-0.15, -0.1) is 11.3 Å². The van der Waals surface area contributed by atoms with Crippen molar-refractivity contribution < 1.29 is 14.3 Å². The van der Waals surface area contributed by atoms with E-state index in [-0.39, 0.29) is 29.8 Å². The number of likely N-dealkylation sites (tertiary alicyclic amines) is 1. The number of amides is 2. The van der Waals surface area contributed by atoms with Gasteiger partial charge in [-0.3, -0.25) is 9.59 Å². The van der Waals surface area contributed by atoms with Gasteiger partial charge in [-0.1, -0.05) is 17.7 Å². The molecule has 2 amide bonds. The Bertz CT molecular complexity index is 866. The monoisotopic (exact) mass is 385 g/mol. The van der Waals surface area contributed by atoms with Crippen molar-refractivity contribution in [3.8, 4) is 0 Å². The lowest BCUT2D eigenvalue weighted by molar-refractivity contribution is 0.0674. The fourth-order valence-corrected chi connectivity index (χ4v) is 4.51. The number of nitrogens with zero attached hydrogens (tertiary/aromatic N) is 2. The lowest BCUT2D eigenvalue weighted by atomic mass is 9.93. The van der Waals surface area contributed by atoms with Crippen molar-refractivity contribution in [2.45, 2.75) is 20.0 Å². The summed E-state index contributed by atoms with van der Waals surface area (Å²) < 4.78 is 5.91. The van der Waals surface area contributed by atoms with Gasteiger partial charge in [0.25, 0.3) is 11.8 Å². The van der Waals surface area contributed by atoms with E-state index >= 15 is 0 Å². The highest BCUT2D eigenvalue weighted by atomic mass is 32.1. The lowest BCUT2D eigenvalue weighted by Crippen LogP contribution is -2.35. The molecule has 6 nitrogen and oxygen atoms in total. The second-order valence-electron chi connectivity index (χ2n) is 7.34. The number of fused-ring (bicyclic) bond motifs is 1. The molecule has 0 radical (unpaired) electrons. The van der Waals surface area contributed by atoms with Crippen LogP contribution in [0.25, 0.3) is 0 Å². The number of carbonyl (C=O) groups is 2. The predicted molar refractivity (Wildman–Crippen MR) is 103 cm³/mol. The molecule has 27 heavy (non-hydrogen) atoms. The summed E-state index contributed by atoms with van der Waals surface area (Å²) in [5.41, 5.74) is 2.27. The highest BCUT2D eigenvalue weighted by Gasteiger charge is 2.45. The van der Waals surface area contributed by atoms with Crippen LogP contribution in [0.5, 0.6) is 0 Å². The first kappa shape index (κ1) is 18.1. The zero-order valence-corrected chi connectivity index (χ0v) is 16.3. The minimum atomic E-state index is -0.145. The van der Waals surface area contributed by atoms with Gasteiger partial charge in [0.15, 0.2) is 0 Å². The zero-order chi connectivity index (χ0) is 19.0. The third-order valence-electron chi connectivity index (χ3n) is 5.37. The smallest absolute Gasteiger partial charge is 0.270 e. The molecule has 2 saturated heterocycles. The van der Waals surface area contributed by atoms with Gasteiger partial charge in [-0.2, -0.15) is 0 Å². The quantitative estimate of drug-likeness (QED) is 0.877. The van der Waals surface area contributed by atoms with E-state index in [0.29, 0.717) is 31.9 Å². The summed E-state index contributed by atoms with van der Waals surface area (Å²) in [4.78, 5) is 31.1. The third-order valence-corrected chi connectivity index (χ3v) is 6.14. The molecule has 0 saturated carbocycles. The van der Waals surface area contributed by atoms with Crippen LogP contribution >= 0.6 is 11.3 Å². The first-order valence-corrected chi connectivity index (χ1v) is 10.1. The normalized spacial score (nSPS) is 24.1. The lowest BCUT2D eigenvalue weighted by Gasteiger charge is -2.20. The van der Waals surface area contributed by atoms with E-state index in [1.807, 2.05) is 43.0 Å². The van der Waals surface area contributed by atoms with Crippen molar-refractivity contribution in [1.82, 2.24) is 15.2 Å². The average Bonchev–Trinajstić information content (AvgIpc) is 3.35. The summed E-state index contributed by atoms with van der Waals surface area (Å²) in [5, 5.41) is 5.63. The van der Waals surface area contributed by atoms with Gasteiger partial charge < -0.3 is 15.0 Å². The molecule has 0 bridgehead atoms. The minimum absolute atomic E-state index is 0.0532. The molecule has 1 N–H and O–H groups in total. The van der Waals surface area contributed by atoms with Crippen molar-refractivity contribution >= 4 is 23.2 Å². The van der Waals surface area contributed by atoms with Gasteiger partial charge in [0.2, 0.25) is 0 Å². The second-order valence-corrected chi connectivity index (χ2v) is 8.40. The van der Waals surface area contributed by atoms with Crippen LogP contribution in [0.3, 0.4) is 0 Å². The Kier molecular flexibility index (Phi) is 4.97. The third kappa shape index (κ3) is 3.75. The summed E-state index contributed by atoms with van der Waals surface area (Å²) in [5.74, 6) is 0.385. The Balaban J connectivity index is 1.35. The molecule has 2 aliphatic rings. The number of aromatic nitrogens is 1. The van der Waals surface area contributed by atoms with Crippen LogP contribution in [-0.4, -0.2) is 54.0 Å². The van der Waals surface area contributed by atoms with Gasteiger partial charge in [0.1, 0.15) is 5.69 Å². The molecule has 1 aromatic heterocycles. The molecular formula is C20H23N3O3S. The van der Waals surface area contributed by atoms with Gasteiger partial charge in [-0.25, -0.2) is 4.98 Å². The Labute approximate surface area is 162 Å². The van der Waals surface area contributed by atoms with Gasteiger partial charge in [-0.05, 0) is 26.0 Å². The van der Waals surface area contributed by atoms with Crippen LogP contribution in [-0.2, 0) is 4.74 Å². The summed E-state index contributed by atoms with van der Waals surface area (Å²) in [6.45, 7) is 6.33. The van der Waals surface area contributed by atoms with E-state index in [4.69, 9.17) is 4.74 Å². The first-order chi connectivity index (χ1) is 13.0. The maximum atomic E-state index is 12.8. The average molecular weight is 385 g/mol. The maximum absolute atomic E-state index is 12.8.